The van der Waals surface area contributed by atoms with Gasteiger partial charge in [0.05, 0.1) is 0 Å². The third kappa shape index (κ3) is 18.2. The van der Waals surface area contributed by atoms with Gasteiger partial charge < -0.3 is 18.6 Å². The minimum Gasteiger partial charge on any atom is -0.519 e. The van der Waals surface area contributed by atoms with Gasteiger partial charge in [0, 0.05) is 10.9 Å². The van der Waals surface area contributed by atoms with Crippen LogP contribution in [0.3, 0.4) is 0 Å². The molecule has 0 aromatic heterocycles. The van der Waals surface area contributed by atoms with Gasteiger partial charge in [-0.2, -0.15) is 15.6 Å². The Kier molecular flexibility index (Phi) is 26.1. The average Bonchev–Trinajstić information content (AvgIpc) is 1.60. The van der Waals surface area contributed by atoms with Gasteiger partial charge in [0.15, 0.2) is 0 Å². The zero-order chi connectivity index (χ0) is 67.6. The molecule has 1 radical (unpaired) electrons. The van der Waals surface area contributed by atoms with Crippen LogP contribution >= 0.6 is 23.8 Å². The number of hydrogen-bond donors (Lipinski definition) is 0. The predicted molar refractivity (Wildman–Crippen MR) is 432 cm³/mol. The van der Waals surface area contributed by atoms with Crippen LogP contribution < -0.4 is 92.8 Å². The molecule has 17 rings (SSSR count). The molecule has 1 unspecified atom stereocenters. The van der Waals surface area contributed by atoms with Crippen molar-refractivity contribution in [1.82, 2.24) is 0 Å². The molecular weight excluding hydrogens is 1390 g/mol. The van der Waals surface area contributed by atoms with Gasteiger partial charge in [-0.15, -0.1) is 0 Å². The SMILES string of the molecule is [Ru+].c1ccc(P(c2ccccc2)c2ccccc2[Si-](c2ccccc2P(c2ccccc2)c2ccccc2)c2ccccc2P(c2ccccc2)c2c(B3Oc4ccccc4O3)cccc2B2Oc3ccccc3O2)cc1.c1ccccc1.c1ccccc1.c1ccccc1.c1ccccc1. The number of fused-ring (bicyclic) bond motifs is 2. The van der Waals surface area contributed by atoms with E-state index < -0.39 is 46.8 Å². The molecule has 0 N–H and O–H groups in total. The maximum atomic E-state index is 6.82. The van der Waals surface area contributed by atoms with E-state index in [1.54, 1.807) is 0 Å². The molecule has 489 valence electrons. The summed E-state index contributed by atoms with van der Waals surface area (Å²) < 4.78 is 27.3. The molecule has 0 aliphatic carbocycles. The summed E-state index contributed by atoms with van der Waals surface area (Å²) in [5.41, 5.74) is 1.87. The minimum absolute atomic E-state index is 0. The number of para-hydroxylation sites is 4. The van der Waals surface area contributed by atoms with E-state index in [2.05, 4.69) is 243 Å². The van der Waals surface area contributed by atoms with E-state index in [1.807, 2.05) is 194 Å². The minimum atomic E-state index is -1.97. The largest absolute Gasteiger partial charge is 1.00 e. The Balaban J connectivity index is 0.000000325. The van der Waals surface area contributed by atoms with Crippen LogP contribution in [-0.2, 0) is 19.5 Å². The van der Waals surface area contributed by atoms with Crippen molar-refractivity contribution in [3.63, 3.8) is 0 Å². The van der Waals surface area contributed by atoms with Crippen LogP contribution in [0, 0.1) is 0 Å². The second-order valence-electron chi connectivity index (χ2n) is 23.0. The first-order valence-electron chi connectivity index (χ1n) is 33.5. The quantitative estimate of drug-likeness (QED) is 0.0618. The molecule has 0 saturated carbocycles. The Bertz CT molecular complexity index is 4340. The Morgan fingerprint density at radius 3 is 0.624 bits per heavy atom. The second-order valence-corrected chi connectivity index (χ2v) is 31.9. The van der Waals surface area contributed by atoms with Crippen LogP contribution in [0.5, 0.6) is 23.0 Å². The van der Waals surface area contributed by atoms with Gasteiger partial charge in [-0.1, -0.05) is 413 Å². The van der Waals surface area contributed by atoms with Crippen LogP contribution in [-0.4, -0.2) is 23.0 Å². The first-order valence-corrected chi connectivity index (χ1v) is 39.1. The van der Waals surface area contributed by atoms with Crippen LogP contribution in [0.15, 0.2) is 437 Å². The fourth-order valence-corrected chi connectivity index (χ4v) is 24.1. The summed E-state index contributed by atoms with van der Waals surface area (Å²) in [5.74, 6) is 2.87. The van der Waals surface area contributed by atoms with E-state index in [-0.39, 0.29) is 19.5 Å². The summed E-state index contributed by atoms with van der Waals surface area (Å²) in [6, 6.07) is 154. The summed E-state index contributed by atoms with van der Waals surface area (Å²) in [6.45, 7) is 0. The average molecular weight is 1460 g/mol. The van der Waals surface area contributed by atoms with Gasteiger partial charge in [-0.3, -0.25) is 0 Å². The predicted octanol–water partition coefficient (Wildman–Crippen LogP) is 14.6. The third-order valence-corrected chi connectivity index (χ3v) is 27.7. The van der Waals surface area contributed by atoms with E-state index in [9.17, 15) is 0 Å². The van der Waals surface area contributed by atoms with E-state index in [0.29, 0.717) is 0 Å². The maximum absolute atomic E-state index is 6.82. The molecule has 1 atom stereocenters. The summed E-state index contributed by atoms with van der Waals surface area (Å²) >= 11 is 0. The molecular formula is C90H72B2O4P3RuSi. The van der Waals surface area contributed by atoms with Crippen molar-refractivity contribution in [3.05, 3.63) is 437 Å². The molecule has 0 bridgehead atoms. The third-order valence-electron chi connectivity index (χ3n) is 16.4. The van der Waals surface area contributed by atoms with E-state index in [4.69, 9.17) is 18.6 Å². The van der Waals surface area contributed by atoms with Crippen LogP contribution in [0.2, 0.25) is 0 Å². The van der Waals surface area contributed by atoms with Gasteiger partial charge in [0.1, 0.15) is 23.0 Å². The normalized spacial score (nSPS) is 11.5. The Hall–Kier alpha value is -10.2. The second kappa shape index (κ2) is 37.3. The van der Waals surface area contributed by atoms with Crippen molar-refractivity contribution in [2.24, 2.45) is 0 Å². The van der Waals surface area contributed by atoms with Gasteiger partial charge in [0.25, 0.3) is 0 Å². The Morgan fingerprint density at radius 2 is 0.376 bits per heavy atom. The molecule has 2 heterocycles. The molecule has 0 fully saturated rings. The fraction of sp³-hybridized carbons (Fsp3) is 0. The number of benzene rings is 15. The van der Waals surface area contributed by atoms with Gasteiger partial charge >= 0.3 is 33.7 Å². The summed E-state index contributed by atoms with van der Waals surface area (Å²) in [4.78, 5) is 0. The molecule has 2 aliphatic heterocycles. The van der Waals surface area contributed by atoms with Crippen molar-refractivity contribution >= 4 is 121 Å². The maximum Gasteiger partial charge on any atom is 1.00 e. The van der Waals surface area contributed by atoms with E-state index in [1.165, 1.54) is 58.0 Å². The van der Waals surface area contributed by atoms with Crippen LogP contribution in [0.1, 0.15) is 0 Å². The smallest absolute Gasteiger partial charge is 0.519 e. The van der Waals surface area contributed by atoms with Crippen molar-refractivity contribution in [3.8, 4) is 23.0 Å². The van der Waals surface area contributed by atoms with E-state index in [0.717, 1.165) is 39.2 Å². The van der Waals surface area contributed by atoms with Crippen molar-refractivity contribution in [1.29, 1.82) is 0 Å². The Labute approximate surface area is 614 Å². The summed E-state index contributed by atoms with van der Waals surface area (Å²) in [6.07, 6.45) is 0. The topological polar surface area (TPSA) is 36.9 Å². The van der Waals surface area contributed by atoms with Gasteiger partial charge in [-0.25, -0.2) is 8.80 Å². The number of rotatable bonds is 14. The summed E-state index contributed by atoms with van der Waals surface area (Å²) in [5, 5.41) is 15.6. The first-order chi connectivity index (χ1) is 49.7. The van der Waals surface area contributed by atoms with E-state index >= 15 is 0 Å². The van der Waals surface area contributed by atoms with Crippen molar-refractivity contribution in [2.45, 2.75) is 0 Å². The Morgan fingerprint density at radius 1 is 0.188 bits per heavy atom. The number of hydrogen-bond acceptors (Lipinski definition) is 4. The van der Waals surface area contributed by atoms with Crippen LogP contribution in [0.4, 0.5) is 0 Å². The molecule has 0 saturated heterocycles. The van der Waals surface area contributed by atoms with Gasteiger partial charge in [-0.05, 0) is 95.8 Å². The summed E-state index contributed by atoms with van der Waals surface area (Å²) in [7, 11) is -6.83. The molecule has 101 heavy (non-hydrogen) atoms. The molecule has 2 aliphatic rings. The molecule has 15 aromatic carbocycles. The monoisotopic (exact) mass is 1460 g/mol. The zero-order valence-corrected chi connectivity index (χ0v) is 61.0. The molecule has 11 heteroatoms. The molecule has 4 nitrogen and oxygen atoms in total. The zero-order valence-electron chi connectivity index (χ0n) is 55.6. The van der Waals surface area contributed by atoms with Gasteiger partial charge in [0.2, 0.25) is 0 Å². The van der Waals surface area contributed by atoms with Crippen LogP contribution in [0.25, 0.3) is 0 Å². The molecule has 15 aromatic rings. The van der Waals surface area contributed by atoms with Crippen molar-refractivity contribution in [2.75, 3.05) is 0 Å². The fourth-order valence-electron chi connectivity index (χ4n) is 12.0. The first kappa shape index (κ1) is 70.6. The van der Waals surface area contributed by atoms with Crippen molar-refractivity contribution < 1.29 is 38.1 Å². The standard InChI is InChI=1S/C66H48B2O4P3Si.4C6H6.Ru/c1-6-27-49(28-7-1)73(50-29-8-2-9-30-50)60-43-20-23-46-63(60)76(64-47-24-21-44-61(64)74(51-31-10-3-11-32-51)52-33-12-4-13-34-52)65-48-25-22-45-62(65)75(53-35-14-5-15-36-53)66-54(67-69-56-39-16-17-40-57(56)70-67)37-26-38-55(66)68-71-58-41-18-19-42-59(58)72-68;4*1-2-4-6-5-3-1;/h1-48H;4*1-6H;/q-1;;;;;+1. The molecule has 0 spiro atoms. The molecule has 0 amide bonds.